The van der Waals surface area contributed by atoms with Crippen molar-refractivity contribution in [1.82, 2.24) is 25.7 Å². The smallest absolute Gasteiger partial charge is 0.229 e. The zero-order valence-corrected chi connectivity index (χ0v) is 13.0. The minimum Gasteiger partial charge on any atom is -0.356 e. The highest BCUT2D eigenvalue weighted by Gasteiger charge is 2.29. The maximum atomic E-state index is 11.8. The summed E-state index contributed by atoms with van der Waals surface area (Å²) in [6.45, 7) is 4.52. The lowest BCUT2D eigenvalue weighted by molar-refractivity contribution is -0.121. The zero-order valence-electron chi connectivity index (χ0n) is 13.0. The molecule has 2 aromatic heterocycles. The number of aromatic amines is 1. The lowest BCUT2D eigenvalue weighted by Crippen LogP contribution is -2.26. The summed E-state index contributed by atoms with van der Waals surface area (Å²) in [6.07, 6.45) is 3.97. The predicted molar refractivity (Wildman–Crippen MR) is 79.4 cm³/mol. The molecule has 2 aromatic rings. The second-order valence-electron chi connectivity index (χ2n) is 5.84. The number of hydrogen-bond donors (Lipinski definition) is 2. The summed E-state index contributed by atoms with van der Waals surface area (Å²) in [7, 11) is 0. The van der Waals surface area contributed by atoms with Gasteiger partial charge < -0.3 is 9.84 Å². The lowest BCUT2D eigenvalue weighted by atomic mass is 10.1. The molecule has 1 aliphatic rings. The number of carbonyl (C=O) groups is 1. The predicted octanol–water partition coefficient (Wildman–Crippen LogP) is 1.58. The van der Waals surface area contributed by atoms with E-state index in [2.05, 4.69) is 25.7 Å². The van der Waals surface area contributed by atoms with Crippen LogP contribution in [0.4, 0.5) is 0 Å². The molecule has 7 heteroatoms. The second kappa shape index (κ2) is 6.29. The van der Waals surface area contributed by atoms with Crippen LogP contribution in [0.25, 0.3) is 0 Å². The average Bonchev–Trinajstić information content (AvgIpc) is 3.17. The third kappa shape index (κ3) is 3.52. The van der Waals surface area contributed by atoms with Crippen LogP contribution in [0.3, 0.4) is 0 Å². The quantitative estimate of drug-likeness (QED) is 0.809. The number of nitrogens with one attached hydrogen (secondary N) is 2. The molecular weight excluding hydrogens is 282 g/mol. The van der Waals surface area contributed by atoms with E-state index in [0.29, 0.717) is 37.5 Å². The van der Waals surface area contributed by atoms with Gasteiger partial charge in [-0.1, -0.05) is 5.16 Å². The van der Waals surface area contributed by atoms with Gasteiger partial charge in [0.25, 0.3) is 0 Å². The first-order chi connectivity index (χ1) is 10.6. The summed E-state index contributed by atoms with van der Waals surface area (Å²) >= 11 is 0. The third-order valence-electron chi connectivity index (χ3n) is 4.02. The average molecular weight is 303 g/mol. The molecule has 1 fully saturated rings. The van der Waals surface area contributed by atoms with Gasteiger partial charge in [0, 0.05) is 37.4 Å². The third-order valence-corrected chi connectivity index (χ3v) is 4.02. The van der Waals surface area contributed by atoms with Gasteiger partial charge in [0.05, 0.1) is 5.69 Å². The van der Waals surface area contributed by atoms with Crippen LogP contribution in [0.1, 0.15) is 53.8 Å². The van der Waals surface area contributed by atoms with E-state index in [1.165, 1.54) is 0 Å². The van der Waals surface area contributed by atoms with Crippen molar-refractivity contribution >= 4 is 5.91 Å². The Hall–Kier alpha value is -2.18. The maximum Gasteiger partial charge on any atom is 0.229 e. The van der Waals surface area contributed by atoms with Crippen molar-refractivity contribution in [2.24, 2.45) is 0 Å². The highest BCUT2D eigenvalue weighted by Crippen LogP contribution is 2.38. The molecule has 1 saturated carbocycles. The van der Waals surface area contributed by atoms with Gasteiger partial charge in [-0.25, -0.2) is 0 Å². The van der Waals surface area contributed by atoms with Crippen molar-refractivity contribution in [2.45, 2.75) is 51.9 Å². The minimum absolute atomic E-state index is 0.0194. The molecule has 0 saturated heterocycles. The maximum absolute atomic E-state index is 11.8. The van der Waals surface area contributed by atoms with Gasteiger partial charge in [-0.3, -0.25) is 9.89 Å². The molecule has 1 aliphatic carbocycles. The number of nitrogens with zero attached hydrogens (tertiary/aromatic N) is 3. The molecule has 0 radical (unpaired) electrons. The fraction of sp³-hybridized carbons (Fsp3) is 0.600. The van der Waals surface area contributed by atoms with Crippen LogP contribution >= 0.6 is 0 Å². The Bertz CT molecular complexity index is 657. The van der Waals surface area contributed by atoms with E-state index >= 15 is 0 Å². The van der Waals surface area contributed by atoms with Crippen LogP contribution in [-0.2, 0) is 17.6 Å². The molecule has 7 nitrogen and oxygen atoms in total. The Kier molecular flexibility index (Phi) is 4.22. The van der Waals surface area contributed by atoms with E-state index in [9.17, 15) is 4.79 Å². The van der Waals surface area contributed by atoms with E-state index in [1.807, 2.05) is 13.8 Å². The summed E-state index contributed by atoms with van der Waals surface area (Å²) in [5.41, 5.74) is 3.14. The van der Waals surface area contributed by atoms with Crippen LogP contribution in [-0.4, -0.2) is 32.8 Å². The first-order valence-electron chi connectivity index (χ1n) is 7.73. The number of rotatable bonds is 7. The van der Waals surface area contributed by atoms with Gasteiger partial charge >= 0.3 is 0 Å². The van der Waals surface area contributed by atoms with Gasteiger partial charge in [-0.05, 0) is 32.3 Å². The molecule has 0 spiro atoms. The standard InChI is InChI=1S/C15H21N5O2/c1-9-10(2)18-19-12(9)5-6-14(21)16-8-7-13-17-15(22-20-13)11-3-4-11/h11H,3-8H2,1-2H3,(H,16,21)(H,18,19). The van der Waals surface area contributed by atoms with E-state index in [0.717, 1.165) is 35.7 Å². The van der Waals surface area contributed by atoms with Crippen LogP contribution in [0.5, 0.6) is 0 Å². The summed E-state index contributed by atoms with van der Waals surface area (Å²) in [5, 5.41) is 13.9. The molecule has 0 atom stereocenters. The molecular formula is C15H21N5O2. The van der Waals surface area contributed by atoms with Crippen LogP contribution in [0, 0.1) is 13.8 Å². The second-order valence-corrected chi connectivity index (χ2v) is 5.84. The van der Waals surface area contributed by atoms with Gasteiger partial charge in [0.15, 0.2) is 5.82 Å². The number of hydrogen-bond acceptors (Lipinski definition) is 5. The van der Waals surface area contributed by atoms with Crippen molar-refractivity contribution in [3.8, 4) is 0 Å². The van der Waals surface area contributed by atoms with Crippen LogP contribution in [0.2, 0.25) is 0 Å². The number of H-pyrrole nitrogens is 1. The molecule has 1 amide bonds. The number of aryl methyl sites for hydroxylation is 2. The van der Waals surface area contributed by atoms with Crippen molar-refractivity contribution in [2.75, 3.05) is 6.54 Å². The Morgan fingerprint density at radius 2 is 2.18 bits per heavy atom. The highest BCUT2D eigenvalue weighted by atomic mass is 16.5. The first kappa shape index (κ1) is 14.7. The molecule has 0 aromatic carbocycles. The van der Waals surface area contributed by atoms with Crippen LogP contribution in [0.15, 0.2) is 4.52 Å². The Morgan fingerprint density at radius 3 is 2.86 bits per heavy atom. The van der Waals surface area contributed by atoms with E-state index in [-0.39, 0.29) is 5.91 Å². The number of aromatic nitrogens is 4. The Labute approximate surface area is 128 Å². The van der Waals surface area contributed by atoms with Crippen molar-refractivity contribution in [1.29, 1.82) is 0 Å². The summed E-state index contributed by atoms with van der Waals surface area (Å²) in [6, 6.07) is 0. The fourth-order valence-electron chi connectivity index (χ4n) is 2.28. The zero-order chi connectivity index (χ0) is 15.5. The fourth-order valence-corrected chi connectivity index (χ4v) is 2.28. The normalized spacial score (nSPS) is 14.3. The Morgan fingerprint density at radius 1 is 1.36 bits per heavy atom. The molecule has 118 valence electrons. The molecule has 0 aliphatic heterocycles. The monoisotopic (exact) mass is 303 g/mol. The SMILES string of the molecule is Cc1[nH]nc(CCC(=O)NCCc2noc(C3CC3)n2)c1C. The van der Waals surface area contributed by atoms with E-state index in [4.69, 9.17) is 4.52 Å². The van der Waals surface area contributed by atoms with Gasteiger partial charge in [-0.2, -0.15) is 10.1 Å². The summed E-state index contributed by atoms with van der Waals surface area (Å²) in [4.78, 5) is 16.2. The molecule has 22 heavy (non-hydrogen) atoms. The van der Waals surface area contributed by atoms with E-state index < -0.39 is 0 Å². The number of carbonyl (C=O) groups excluding carboxylic acids is 1. The first-order valence-corrected chi connectivity index (χ1v) is 7.73. The molecule has 0 bridgehead atoms. The van der Waals surface area contributed by atoms with Crippen molar-refractivity contribution in [3.63, 3.8) is 0 Å². The molecule has 2 N–H and O–H groups in total. The molecule has 3 rings (SSSR count). The van der Waals surface area contributed by atoms with Gasteiger partial charge in [0.2, 0.25) is 11.8 Å². The number of amides is 1. The minimum atomic E-state index is 0.0194. The van der Waals surface area contributed by atoms with Gasteiger partial charge in [-0.15, -0.1) is 0 Å². The lowest BCUT2D eigenvalue weighted by Gasteiger charge is -2.03. The highest BCUT2D eigenvalue weighted by molar-refractivity contribution is 5.76. The summed E-state index contributed by atoms with van der Waals surface area (Å²) in [5.74, 6) is 1.90. The topological polar surface area (TPSA) is 96.7 Å². The summed E-state index contributed by atoms with van der Waals surface area (Å²) < 4.78 is 5.18. The van der Waals surface area contributed by atoms with Crippen molar-refractivity contribution < 1.29 is 9.32 Å². The van der Waals surface area contributed by atoms with Crippen molar-refractivity contribution in [3.05, 3.63) is 28.7 Å². The van der Waals surface area contributed by atoms with Crippen LogP contribution < -0.4 is 5.32 Å². The Balaban J connectivity index is 1.37. The molecule has 2 heterocycles. The largest absolute Gasteiger partial charge is 0.356 e. The van der Waals surface area contributed by atoms with E-state index in [1.54, 1.807) is 0 Å². The van der Waals surface area contributed by atoms with Gasteiger partial charge in [0.1, 0.15) is 0 Å². The molecule has 0 unspecified atom stereocenters.